The second-order valence-corrected chi connectivity index (χ2v) is 12.0. The van der Waals surface area contributed by atoms with Crippen molar-refractivity contribution in [3.8, 4) is 0 Å². The van der Waals surface area contributed by atoms with Crippen LogP contribution in [-0.4, -0.2) is 49.2 Å². The third-order valence-corrected chi connectivity index (χ3v) is 11.5. The van der Waals surface area contributed by atoms with Crippen molar-refractivity contribution >= 4 is 17.1 Å². The first-order chi connectivity index (χ1) is 14.2. The van der Waals surface area contributed by atoms with Crippen LogP contribution in [0.5, 0.6) is 0 Å². The Morgan fingerprint density at radius 1 is 0.500 bits per heavy atom. The molecular weight excluding hydrogens is 372 g/mol. The highest BCUT2D eigenvalue weighted by Gasteiger charge is 2.86. The van der Waals surface area contributed by atoms with E-state index in [1.54, 1.807) is 0 Å². The van der Waals surface area contributed by atoms with Crippen LogP contribution in [0.25, 0.3) is 0 Å². The molecule has 0 radical (unpaired) electrons. The monoisotopic (exact) mass is 408 g/mol. The van der Waals surface area contributed by atoms with Gasteiger partial charge in [0.15, 0.2) is 17.0 Å². The predicted octanol–water partition coefficient (Wildman–Crippen LogP) is 4.73. The maximum atomic E-state index is 5.46. The molecule has 3 aliphatic carbocycles. The first kappa shape index (κ1) is 18.0. The minimum Gasteiger partial charge on any atom is -0.242 e. The van der Waals surface area contributed by atoms with E-state index in [0.717, 1.165) is 19.3 Å². The zero-order valence-corrected chi connectivity index (χ0v) is 19.5. The van der Waals surface area contributed by atoms with Gasteiger partial charge in [0.2, 0.25) is 0 Å². The maximum Gasteiger partial charge on any atom is 0.161 e. The van der Waals surface area contributed by atoms with E-state index in [0.29, 0.717) is 0 Å². The summed E-state index contributed by atoms with van der Waals surface area (Å²) >= 11 is 0. The Balaban J connectivity index is 1.61. The van der Waals surface area contributed by atoms with Crippen LogP contribution < -0.4 is 0 Å². The molecule has 7 rings (SSSR count). The molecule has 3 spiro atoms. The summed E-state index contributed by atoms with van der Waals surface area (Å²) in [6.07, 6.45) is 10.9. The fourth-order valence-corrected chi connectivity index (χ4v) is 9.41. The third-order valence-electron chi connectivity index (χ3n) is 11.5. The normalized spacial score (nSPS) is 55.0. The van der Waals surface area contributed by atoms with Crippen molar-refractivity contribution < 1.29 is 0 Å². The van der Waals surface area contributed by atoms with Gasteiger partial charge in [0.1, 0.15) is 0 Å². The van der Waals surface area contributed by atoms with Crippen LogP contribution in [0.1, 0.15) is 99.3 Å². The van der Waals surface area contributed by atoms with Crippen LogP contribution in [0.4, 0.5) is 0 Å². The van der Waals surface area contributed by atoms with E-state index in [1.807, 2.05) is 0 Å². The van der Waals surface area contributed by atoms with Crippen molar-refractivity contribution in [3.05, 3.63) is 0 Å². The number of hydrogen-bond donors (Lipinski definition) is 0. The molecule has 0 aromatic heterocycles. The van der Waals surface area contributed by atoms with Crippen molar-refractivity contribution in [2.24, 2.45) is 31.5 Å². The average molecular weight is 409 g/mol. The summed E-state index contributed by atoms with van der Waals surface area (Å²) in [6, 6.07) is 0. The Labute approximate surface area is 180 Å². The maximum absolute atomic E-state index is 5.46. The van der Waals surface area contributed by atoms with E-state index < -0.39 is 0 Å². The second-order valence-electron chi connectivity index (χ2n) is 12.0. The molecule has 0 aromatic rings. The lowest BCUT2D eigenvalue weighted by atomic mass is 9.66. The Bertz CT molecular complexity index is 843. The lowest BCUT2D eigenvalue weighted by molar-refractivity contribution is -0.334. The second kappa shape index (κ2) is 4.61. The van der Waals surface area contributed by atoms with Crippen molar-refractivity contribution in [3.63, 3.8) is 0 Å². The van der Waals surface area contributed by atoms with E-state index in [2.05, 4.69) is 56.6 Å². The fourth-order valence-electron chi connectivity index (χ4n) is 9.41. The average Bonchev–Trinajstić information content (AvgIpc) is 3.45. The fraction of sp³-hybridized carbons (Fsp3) is 0.875. The quantitative estimate of drug-likeness (QED) is 0.582. The first-order valence-electron chi connectivity index (χ1n) is 12.2. The molecule has 162 valence electrons. The molecule has 0 bridgehead atoms. The number of rotatable bonds is 0. The molecule has 30 heavy (non-hydrogen) atoms. The van der Waals surface area contributed by atoms with E-state index in [1.165, 1.54) is 55.7 Å². The van der Waals surface area contributed by atoms with E-state index in [4.69, 9.17) is 15.3 Å². The molecule has 0 amide bonds. The molecule has 4 heterocycles. The van der Waals surface area contributed by atoms with Crippen LogP contribution >= 0.6 is 0 Å². The summed E-state index contributed by atoms with van der Waals surface area (Å²) in [5.41, 5.74) is 3.64. The molecule has 3 saturated carbocycles. The van der Waals surface area contributed by atoms with Crippen LogP contribution in [0.3, 0.4) is 0 Å². The molecule has 0 N–H and O–H groups in total. The molecular formula is C24H36N6. The van der Waals surface area contributed by atoms with Gasteiger partial charge in [-0.15, -0.1) is 0 Å². The summed E-state index contributed by atoms with van der Waals surface area (Å²) in [5.74, 6) is 0. The Morgan fingerprint density at radius 3 is 1.03 bits per heavy atom. The minimum atomic E-state index is -0.150. The van der Waals surface area contributed by atoms with Gasteiger partial charge in [-0.2, -0.15) is 15.3 Å². The van der Waals surface area contributed by atoms with Crippen LogP contribution in [0.2, 0.25) is 0 Å². The van der Waals surface area contributed by atoms with Crippen molar-refractivity contribution in [2.45, 2.75) is 116 Å². The van der Waals surface area contributed by atoms with Crippen molar-refractivity contribution in [2.75, 3.05) is 0 Å². The lowest BCUT2D eigenvalue weighted by Gasteiger charge is -2.70. The number of nitrogens with zero attached hydrogens (tertiary/aromatic N) is 6. The van der Waals surface area contributed by atoms with Gasteiger partial charge in [-0.25, -0.2) is 15.0 Å². The van der Waals surface area contributed by atoms with Gasteiger partial charge in [-0.3, -0.25) is 0 Å². The van der Waals surface area contributed by atoms with Gasteiger partial charge in [0, 0.05) is 17.1 Å². The van der Waals surface area contributed by atoms with Crippen molar-refractivity contribution in [1.29, 1.82) is 0 Å². The number of hydrazone groups is 3. The van der Waals surface area contributed by atoms with Gasteiger partial charge in [-0.1, -0.05) is 20.8 Å². The highest BCUT2D eigenvalue weighted by atomic mass is 15.9. The summed E-state index contributed by atoms with van der Waals surface area (Å²) in [5, 5.41) is 24.2. The minimum absolute atomic E-state index is 0.0540. The molecule has 6 nitrogen and oxygen atoms in total. The molecule has 3 unspecified atom stereocenters. The summed E-state index contributed by atoms with van der Waals surface area (Å²) in [7, 11) is 0. The van der Waals surface area contributed by atoms with E-state index in [9.17, 15) is 0 Å². The van der Waals surface area contributed by atoms with Crippen LogP contribution in [0, 0.1) is 16.2 Å². The molecule has 7 aliphatic rings. The Kier molecular flexibility index (Phi) is 2.77. The Hall–Kier alpha value is -1.59. The summed E-state index contributed by atoms with van der Waals surface area (Å²) in [4.78, 5) is 0. The highest BCUT2D eigenvalue weighted by molar-refractivity contribution is 5.95. The topological polar surface area (TPSA) is 46.8 Å². The third kappa shape index (κ3) is 1.28. The number of hydrogen-bond acceptors (Lipinski definition) is 6. The highest BCUT2D eigenvalue weighted by Crippen LogP contribution is 2.75. The summed E-state index contributed by atoms with van der Waals surface area (Å²) in [6.45, 7) is 14.3. The van der Waals surface area contributed by atoms with Gasteiger partial charge in [0.25, 0.3) is 0 Å². The lowest BCUT2D eigenvalue weighted by Crippen LogP contribution is -2.85. The molecule has 0 aromatic carbocycles. The zero-order chi connectivity index (χ0) is 20.9. The van der Waals surface area contributed by atoms with E-state index >= 15 is 0 Å². The Morgan fingerprint density at radius 2 is 0.767 bits per heavy atom. The zero-order valence-electron chi connectivity index (χ0n) is 19.5. The largest absolute Gasteiger partial charge is 0.242 e. The SMILES string of the molecule is CC1=NN2C34CCC[C@@]3(C)C(C)=NN4C34CCC[C@]3(C)C(C)=NN4C23CCC[C@@]13C. The molecule has 4 fully saturated rings. The van der Waals surface area contributed by atoms with Gasteiger partial charge < -0.3 is 0 Å². The first-order valence-corrected chi connectivity index (χ1v) is 12.2. The predicted molar refractivity (Wildman–Crippen MR) is 119 cm³/mol. The van der Waals surface area contributed by atoms with Crippen molar-refractivity contribution in [1.82, 2.24) is 15.0 Å². The molecule has 4 aliphatic heterocycles. The smallest absolute Gasteiger partial charge is 0.161 e. The molecule has 1 saturated heterocycles. The van der Waals surface area contributed by atoms with Gasteiger partial charge in [-0.05, 0) is 78.6 Å². The van der Waals surface area contributed by atoms with E-state index in [-0.39, 0.29) is 33.2 Å². The standard InChI is InChI=1S/C24H36N6/c1-16-19(4)10-7-13-22(19)28(25-16)23-14-8-11-20(23,5)17(2)27-30(23)24-15-9-12-21(24,6)18(3)26-29(22)24/h7-15H2,1-6H3/t19-,20-,21+,22?,23?,24?/m0/s1. The van der Waals surface area contributed by atoms with Gasteiger partial charge in [0.05, 0.1) is 16.2 Å². The molecule has 6 heteroatoms. The van der Waals surface area contributed by atoms with Gasteiger partial charge >= 0.3 is 0 Å². The summed E-state index contributed by atoms with van der Waals surface area (Å²) < 4.78 is 0. The molecule has 6 atom stereocenters. The van der Waals surface area contributed by atoms with Crippen LogP contribution in [0.15, 0.2) is 15.3 Å². The van der Waals surface area contributed by atoms with Crippen LogP contribution in [-0.2, 0) is 0 Å².